The number of carbonyl (C=O) groups is 2. The number of nitrogens with one attached hydrogen (secondary N) is 2. The predicted molar refractivity (Wildman–Crippen MR) is 137 cm³/mol. The lowest BCUT2D eigenvalue weighted by Gasteiger charge is -2.22. The van der Waals surface area contributed by atoms with Crippen LogP contribution in [-0.2, 0) is 4.74 Å². The summed E-state index contributed by atoms with van der Waals surface area (Å²) in [6.45, 7) is 7.58. The van der Waals surface area contributed by atoms with Gasteiger partial charge in [-0.1, -0.05) is 6.92 Å². The summed E-state index contributed by atoms with van der Waals surface area (Å²) in [5, 5.41) is 6.84. The minimum atomic E-state index is -0.215. The molecule has 0 unspecified atom stereocenters. The van der Waals surface area contributed by atoms with E-state index in [1.54, 1.807) is 0 Å². The van der Waals surface area contributed by atoms with Crippen molar-refractivity contribution in [1.29, 1.82) is 0 Å². The summed E-state index contributed by atoms with van der Waals surface area (Å²) in [5.74, 6) is 0.549. The summed E-state index contributed by atoms with van der Waals surface area (Å²) in [6.07, 6.45) is 8.63. The second-order valence-electron chi connectivity index (χ2n) is 10.1. The summed E-state index contributed by atoms with van der Waals surface area (Å²) >= 11 is 1.30. The number of pyridine rings is 1. The van der Waals surface area contributed by atoms with Gasteiger partial charge in [-0.2, -0.15) is 0 Å². The summed E-state index contributed by atoms with van der Waals surface area (Å²) in [5.41, 5.74) is 2.25. The molecule has 2 bridgehead atoms. The van der Waals surface area contributed by atoms with E-state index in [-0.39, 0.29) is 17.9 Å². The second-order valence-corrected chi connectivity index (χ2v) is 11.1. The maximum Gasteiger partial charge on any atom is 0.280 e. The van der Waals surface area contributed by atoms with Gasteiger partial charge in [-0.3, -0.25) is 9.59 Å². The molecule has 0 spiro atoms. The zero-order chi connectivity index (χ0) is 24.5. The highest BCUT2D eigenvalue weighted by Gasteiger charge is 2.44. The minimum absolute atomic E-state index is 0.0485. The maximum absolute atomic E-state index is 13.8. The van der Waals surface area contributed by atoms with Crippen molar-refractivity contribution in [2.45, 2.75) is 89.9 Å². The molecule has 5 rings (SSSR count). The number of thiazole rings is 1. The zero-order valence-electron chi connectivity index (χ0n) is 20.8. The Bertz CT molecular complexity index is 1080. The van der Waals surface area contributed by atoms with Crippen molar-refractivity contribution in [2.75, 3.05) is 18.5 Å². The molecule has 2 amide bonds. The fourth-order valence-electron chi connectivity index (χ4n) is 5.43. The van der Waals surface area contributed by atoms with Crippen LogP contribution in [0.1, 0.15) is 84.6 Å². The van der Waals surface area contributed by atoms with Crippen LogP contribution in [0.25, 0.3) is 10.4 Å². The molecule has 0 radical (unpaired) electrons. The number of amides is 2. The average Bonchev–Trinajstić information content (AvgIpc) is 3.59. The van der Waals surface area contributed by atoms with Crippen LogP contribution in [0, 0.1) is 6.92 Å². The smallest absolute Gasteiger partial charge is 0.280 e. The first kappa shape index (κ1) is 24.2. The molecule has 3 saturated heterocycles. The lowest BCUT2D eigenvalue weighted by atomic mass is 10.0. The Balaban J connectivity index is 1.47. The number of anilines is 1. The number of hydrogen-bond donors (Lipinski definition) is 2. The average molecular weight is 498 g/mol. The molecule has 0 aromatic carbocycles. The number of rotatable bonds is 7. The van der Waals surface area contributed by atoms with E-state index in [9.17, 15) is 9.59 Å². The molecule has 5 heterocycles. The van der Waals surface area contributed by atoms with Gasteiger partial charge in [0.15, 0.2) is 5.01 Å². The van der Waals surface area contributed by atoms with Crippen molar-refractivity contribution in [3.63, 3.8) is 0 Å². The fraction of sp³-hybridized carbons (Fsp3) is 0.615. The Morgan fingerprint density at radius 1 is 1.17 bits per heavy atom. The van der Waals surface area contributed by atoms with E-state index in [1.165, 1.54) is 11.3 Å². The third-order valence-corrected chi connectivity index (χ3v) is 8.72. The van der Waals surface area contributed by atoms with Crippen molar-refractivity contribution >= 4 is 29.0 Å². The standard InChI is InChI=1S/C26H35N5O3S/c1-4-16(3)28-21-13-15(2)20(14-27-21)23-22(26(33)31-18-5-6-19(31)8-7-18)30-25(35-23)24(32)29-17-9-11-34-12-10-17/h13-14,16-19H,4-12H2,1-3H3,(H,27,28)(H,29,32)/t16-,18?,19?/m1/s1. The normalized spacial score (nSPS) is 22.9. The van der Waals surface area contributed by atoms with E-state index < -0.39 is 0 Å². The number of aromatic nitrogens is 2. The third kappa shape index (κ3) is 4.93. The van der Waals surface area contributed by atoms with Crippen LogP contribution in [-0.4, -0.2) is 64.1 Å². The fourth-order valence-corrected chi connectivity index (χ4v) is 6.46. The monoisotopic (exact) mass is 497 g/mol. The largest absolute Gasteiger partial charge is 0.381 e. The molecule has 188 valence electrons. The van der Waals surface area contributed by atoms with E-state index in [0.717, 1.165) is 66.8 Å². The van der Waals surface area contributed by atoms with Gasteiger partial charge in [0.1, 0.15) is 11.5 Å². The molecule has 2 aromatic rings. The third-order valence-electron chi connectivity index (χ3n) is 7.63. The summed E-state index contributed by atoms with van der Waals surface area (Å²) in [7, 11) is 0. The van der Waals surface area contributed by atoms with Crippen LogP contribution in [0.3, 0.4) is 0 Å². The van der Waals surface area contributed by atoms with Gasteiger partial charge in [0.05, 0.1) is 4.88 Å². The molecule has 0 saturated carbocycles. The topological polar surface area (TPSA) is 96.4 Å². The highest BCUT2D eigenvalue weighted by molar-refractivity contribution is 7.17. The van der Waals surface area contributed by atoms with E-state index in [2.05, 4.69) is 34.4 Å². The second kappa shape index (κ2) is 10.2. The van der Waals surface area contributed by atoms with Crippen molar-refractivity contribution in [1.82, 2.24) is 20.2 Å². The van der Waals surface area contributed by atoms with Crippen molar-refractivity contribution in [2.24, 2.45) is 0 Å². The van der Waals surface area contributed by atoms with Gasteiger partial charge >= 0.3 is 0 Å². The summed E-state index contributed by atoms with van der Waals surface area (Å²) in [6, 6.07) is 2.99. The molecule has 3 aliphatic heterocycles. The Morgan fingerprint density at radius 2 is 1.86 bits per heavy atom. The van der Waals surface area contributed by atoms with Gasteiger partial charge in [0.2, 0.25) is 0 Å². The number of ether oxygens (including phenoxy) is 1. The van der Waals surface area contributed by atoms with Crippen LogP contribution in [0.15, 0.2) is 12.3 Å². The van der Waals surface area contributed by atoms with E-state index in [0.29, 0.717) is 42.0 Å². The van der Waals surface area contributed by atoms with Gasteiger partial charge in [-0.25, -0.2) is 9.97 Å². The Morgan fingerprint density at radius 3 is 2.49 bits per heavy atom. The van der Waals surface area contributed by atoms with Crippen molar-refractivity contribution in [3.8, 4) is 10.4 Å². The zero-order valence-corrected chi connectivity index (χ0v) is 21.6. The van der Waals surface area contributed by atoms with Gasteiger partial charge < -0.3 is 20.3 Å². The first-order valence-corrected chi connectivity index (χ1v) is 13.7. The van der Waals surface area contributed by atoms with Gasteiger partial charge in [0, 0.05) is 49.1 Å². The molecule has 8 nitrogen and oxygen atoms in total. The van der Waals surface area contributed by atoms with Crippen LogP contribution in [0.2, 0.25) is 0 Å². The Kier molecular flexibility index (Phi) is 7.07. The van der Waals surface area contributed by atoms with E-state index in [1.807, 2.05) is 24.1 Å². The molecule has 3 aliphatic rings. The van der Waals surface area contributed by atoms with Gasteiger partial charge in [-0.15, -0.1) is 11.3 Å². The Hall–Kier alpha value is -2.52. The first-order chi connectivity index (χ1) is 16.9. The molecule has 2 N–H and O–H groups in total. The molecule has 9 heteroatoms. The lowest BCUT2D eigenvalue weighted by molar-refractivity contribution is 0.0696. The first-order valence-electron chi connectivity index (χ1n) is 12.9. The van der Waals surface area contributed by atoms with E-state index in [4.69, 9.17) is 4.74 Å². The Labute approximate surface area is 210 Å². The van der Waals surface area contributed by atoms with Crippen LogP contribution in [0.5, 0.6) is 0 Å². The number of hydrogen-bond acceptors (Lipinski definition) is 7. The molecule has 35 heavy (non-hydrogen) atoms. The van der Waals surface area contributed by atoms with E-state index >= 15 is 0 Å². The quantitative estimate of drug-likeness (QED) is 0.589. The minimum Gasteiger partial charge on any atom is -0.381 e. The molecular weight excluding hydrogens is 462 g/mol. The van der Waals surface area contributed by atoms with Crippen LogP contribution in [0.4, 0.5) is 5.82 Å². The number of carbonyl (C=O) groups excluding carboxylic acids is 2. The van der Waals surface area contributed by atoms with Gasteiger partial charge in [0.25, 0.3) is 11.8 Å². The van der Waals surface area contributed by atoms with Crippen LogP contribution < -0.4 is 10.6 Å². The van der Waals surface area contributed by atoms with Gasteiger partial charge in [-0.05, 0) is 70.4 Å². The lowest BCUT2D eigenvalue weighted by Crippen LogP contribution is -2.39. The number of fused-ring (bicyclic) bond motifs is 2. The summed E-state index contributed by atoms with van der Waals surface area (Å²) < 4.78 is 5.41. The summed E-state index contributed by atoms with van der Waals surface area (Å²) in [4.78, 5) is 39.0. The predicted octanol–water partition coefficient (Wildman–Crippen LogP) is 4.40. The SMILES string of the molecule is CC[C@@H](C)Nc1cc(C)c(-c2sc(C(=O)NC3CCOCC3)nc2C(=O)N2C3CCC2CC3)cn1. The highest BCUT2D eigenvalue weighted by atomic mass is 32.1. The molecule has 3 fully saturated rings. The molecule has 2 aromatic heterocycles. The number of nitrogens with zero attached hydrogens (tertiary/aromatic N) is 3. The highest BCUT2D eigenvalue weighted by Crippen LogP contribution is 2.41. The van der Waals surface area contributed by atoms with Crippen LogP contribution >= 0.6 is 11.3 Å². The molecular formula is C26H35N5O3S. The number of aryl methyl sites for hydroxylation is 1. The van der Waals surface area contributed by atoms with Crippen molar-refractivity contribution < 1.29 is 14.3 Å². The molecule has 1 atom stereocenters. The van der Waals surface area contributed by atoms with Crippen molar-refractivity contribution in [3.05, 3.63) is 28.5 Å². The molecule has 0 aliphatic carbocycles. The maximum atomic E-state index is 13.8.